The molecule has 0 saturated heterocycles. The van der Waals surface area contributed by atoms with Gasteiger partial charge in [0.2, 0.25) is 0 Å². The number of rotatable bonds is 7. The van der Waals surface area contributed by atoms with Gasteiger partial charge in [-0.2, -0.15) is 0 Å². The van der Waals surface area contributed by atoms with Gasteiger partial charge in [-0.25, -0.2) is 0 Å². The second-order valence-electron chi connectivity index (χ2n) is 5.16. The van der Waals surface area contributed by atoms with E-state index in [1.54, 1.807) is 0 Å². The zero-order chi connectivity index (χ0) is 11.1. The van der Waals surface area contributed by atoms with Gasteiger partial charge in [0.15, 0.2) is 0 Å². The van der Waals surface area contributed by atoms with E-state index in [0.717, 1.165) is 18.4 Å². The second-order valence-corrected chi connectivity index (χ2v) is 5.16. The SMILES string of the molecule is CCCCCN(C)CC1CCCC1CN. The quantitative estimate of drug-likeness (QED) is 0.657. The van der Waals surface area contributed by atoms with E-state index in [0.29, 0.717) is 0 Å². The zero-order valence-corrected chi connectivity index (χ0v) is 10.5. The molecular weight excluding hydrogens is 184 g/mol. The normalized spacial score (nSPS) is 26.4. The third kappa shape index (κ3) is 4.52. The molecule has 15 heavy (non-hydrogen) atoms. The maximum Gasteiger partial charge on any atom is 0.000973 e. The minimum Gasteiger partial charge on any atom is -0.330 e. The van der Waals surface area contributed by atoms with Crippen LogP contribution in [0.2, 0.25) is 0 Å². The van der Waals surface area contributed by atoms with Gasteiger partial charge in [0.1, 0.15) is 0 Å². The largest absolute Gasteiger partial charge is 0.330 e. The Kier molecular flexibility index (Phi) is 6.26. The van der Waals surface area contributed by atoms with Crippen LogP contribution in [-0.4, -0.2) is 31.6 Å². The molecule has 2 heteroatoms. The summed E-state index contributed by atoms with van der Waals surface area (Å²) in [5.74, 6) is 1.68. The Hall–Kier alpha value is -0.0800. The molecule has 90 valence electrons. The van der Waals surface area contributed by atoms with Crippen molar-refractivity contribution in [3.8, 4) is 0 Å². The highest BCUT2D eigenvalue weighted by Gasteiger charge is 2.26. The summed E-state index contributed by atoms with van der Waals surface area (Å²) in [5, 5.41) is 0. The number of unbranched alkanes of at least 4 members (excludes halogenated alkanes) is 2. The molecular formula is C13H28N2. The molecule has 1 aliphatic carbocycles. The van der Waals surface area contributed by atoms with Crippen LogP contribution in [0, 0.1) is 11.8 Å². The first-order chi connectivity index (χ1) is 7.27. The second kappa shape index (κ2) is 7.24. The van der Waals surface area contributed by atoms with E-state index in [-0.39, 0.29) is 0 Å². The van der Waals surface area contributed by atoms with E-state index in [1.165, 1.54) is 51.6 Å². The summed E-state index contributed by atoms with van der Waals surface area (Å²) in [6.07, 6.45) is 8.21. The van der Waals surface area contributed by atoms with Crippen LogP contribution in [0.5, 0.6) is 0 Å². The van der Waals surface area contributed by atoms with Crippen molar-refractivity contribution in [3.05, 3.63) is 0 Å². The van der Waals surface area contributed by atoms with Crippen molar-refractivity contribution in [3.63, 3.8) is 0 Å². The van der Waals surface area contributed by atoms with Gasteiger partial charge in [-0.1, -0.05) is 26.2 Å². The van der Waals surface area contributed by atoms with Crippen molar-refractivity contribution in [1.29, 1.82) is 0 Å². The van der Waals surface area contributed by atoms with Gasteiger partial charge in [0, 0.05) is 6.54 Å². The van der Waals surface area contributed by atoms with Gasteiger partial charge in [-0.15, -0.1) is 0 Å². The molecule has 2 N–H and O–H groups in total. The number of nitrogens with zero attached hydrogens (tertiary/aromatic N) is 1. The Bertz CT molecular complexity index is 159. The molecule has 2 unspecified atom stereocenters. The third-order valence-electron chi connectivity index (χ3n) is 3.81. The lowest BCUT2D eigenvalue weighted by Gasteiger charge is -2.24. The minimum absolute atomic E-state index is 0.804. The van der Waals surface area contributed by atoms with Crippen molar-refractivity contribution < 1.29 is 0 Å². The number of hydrogen-bond acceptors (Lipinski definition) is 2. The van der Waals surface area contributed by atoms with Crippen molar-refractivity contribution in [2.75, 3.05) is 26.7 Å². The molecule has 0 heterocycles. The molecule has 0 aromatic heterocycles. The van der Waals surface area contributed by atoms with Gasteiger partial charge in [-0.05, 0) is 51.2 Å². The van der Waals surface area contributed by atoms with Gasteiger partial charge < -0.3 is 10.6 Å². The van der Waals surface area contributed by atoms with Crippen molar-refractivity contribution >= 4 is 0 Å². The summed E-state index contributed by atoms with van der Waals surface area (Å²) in [5.41, 5.74) is 5.80. The van der Waals surface area contributed by atoms with Crippen LogP contribution in [0.4, 0.5) is 0 Å². The van der Waals surface area contributed by atoms with E-state index in [4.69, 9.17) is 5.73 Å². The highest BCUT2D eigenvalue weighted by molar-refractivity contribution is 4.79. The average molecular weight is 212 g/mol. The standard InChI is InChI=1S/C13H28N2/c1-3-4-5-9-15(2)11-13-8-6-7-12(13)10-14/h12-13H,3-11,14H2,1-2H3. The van der Waals surface area contributed by atoms with Crippen molar-refractivity contribution in [1.82, 2.24) is 4.90 Å². The van der Waals surface area contributed by atoms with Gasteiger partial charge in [0.25, 0.3) is 0 Å². The van der Waals surface area contributed by atoms with E-state index < -0.39 is 0 Å². The van der Waals surface area contributed by atoms with Crippen molar-refractivity contribution in [2.24, 2.45) is 17.6 Å². The van der Waals surface area contributed by atoms with E-state index in [1.807, 2.05) is 0 Å². The number of nitrogens with two attached hydrogens (primary N) is 1. The first kappa shape index (κ1) is 13.0. The van der Waals surface area contributed by atoms with Gasteiger partial charge >= 0.3 is 0 Å². The van der Waals surface area contributed by atoms with Crippen LogP contribution in [0.1, 0.15) is 45.4 Å². The minimum atomic E-state index is 0.804. The fourth-order valence-electron chi connectivity index (χ4n) is 2.79. The maximum atomic E-state index is 5.80. The lowest BCUT2D eigenvalue weighted by Crippen LogP contribution is -2.31. The lowest BCUT2D eigenvalue weighted by atomic mass is 9.96. The highest BCUT2D eigenvalue weighted by atomic mass is 15.1. The predicted octanol–water partition coefficient (Wildman–Crippen LogP) is 2.48. The zero-order valence-electron chi connectivity index (χ0n) is 10.5. The van der Waals surface area contributed by atoms with Crippen LogP contribution >= 0.6 is 0 Å². The Balaban J connectivity index is 2.15. The first-order valence-electron chi connectivity index (χ1n) is 6.66. The molecule has 0 spiro atoms. The molecule has 0 radical (unpaired) electrons. The molecule has 0 amide bonds. The summed E-state index contributed by atoms with van der Waals surface area (Å²) in [6, 6.07) is 0. The summed E-state index contributed by atoms with van der Waals surface area (Å²) in [6.45, 7) is 5.70. The lowest BCUT2D eigenvalue weighted by molar-refractivity contribution is 0.239. The summed E-state index contributed by atoms with van der Waals surface area (Å²) < 4.78 is 0. The Morgan fingerprint density at radius 3 is 2.60 bits per heavy atom. The maximum absolute atomic E-state index is 5.80. The van der Waals surface area contributed by atoms with Crippen LogP contribution in [0.3, 0.4) is 0 Å². The average Bonchev–Trinajstić information content (AvgIpc) is 2.65. The van der Waals surface area contributed by atoms with Crippen LogP contribution in [0.25, 0.3) is 0 Å². The Morgan fingerprint density at radius 2 is 1.93 bits per heavy atom. The molecule has 0 aromatic rings. The molecule has 0 bridgehead atoms. The van der Waals surface area contributed by atoms with Crippen LogP contribution in [0.15, 0.2) is 0 Å². The molecule has 1 fully saturated rings. The molecule has 1 rings (SSSR count). The van der Waals surface area contributed by atoms with E-state index in [9.17, 15) is 0 Å². The molecule has 0 aromatic carbocycles. The molecule has 2 nitrogen and oxygen atoms in total. The highest BCUT2D eigenvalue weighted by Crippen LogP contribution is 2.31. The fourth-order valence-corrected chi connectivity index (χ4v) is 2.79. The molecule has 1 aliphatic rings. The van der Waals surface area contributed by atoms with Crippen LogP contribution < -0.4 is 5.73 Å². The first-order valence-corrected chi connectivity index (χ1v) is 6.66. The predicted molar refractivity (Wildman–Crippen MR) is 66.9 cm³/mol. The summed E-state index contributed by atoms with van der Waals surface area (Å²) in [7, 11) is 2.27. The van der Waals surface area contributed by atoms with Gasteiger partial charge in [-0.3, -0.25) is 0 Å². The Morgan fingerprint density at radius 1 is 1.20 bits per heavy atom. The van der Waals surface area contributed by atoms with Crippen molar-refractivity contribution in [2.45, 2.75) is 45.4 Å². The molecule has 2 atom stereocenters. The van der Waals surface area contributed by atoms with Gasteiger partial charge in [0.05, 0.1) is 0 Å². The smallest absolute Gasteiger partial charge is 0.000973 e. The third-order valence-corrected chi connectivity index (χ3v) is 3.81. The van der Waals surface area contributed by atoms with E-state index in [2.05, 4.69) is 18.9 Å². The number of hydrogen-bond donors (Lipinski definition) is 1. The molecule has 1 saturated carbocycles. The molecule has 0 aliphatic heterocycles. The fraction of sp³-hybridized carbons (Fsp3) is 1.00. The van der Waals surface area contributed by atoms with E-state index >= 15 is 0 Å². The summed E-state index contributed by atoms with van der Waals surface area (Å²) >= 11 is 0. The Labute approximate surface area is 95.2 Å². The van der Waals surface area contributed by atoms with Crippen LogP contribution in [-0.2, 0) is 0 Å². The summed E-state index contributed by atoms with van der Waals surface area (Å²) in [4.78, 5) is 2.51. The topological polar surface area (TPSA) is 29.3 Å². The monoisotopic (exact) mass is 212 g/mol.